The number of aliphatic hydroxyl groups excluding tert-OH is 1. The molecule has 0 amide bonds. The zero-order valence-electron chi connectivity index (χ0n) is 26.0. The Hall–Kier alpha value is -3.93. The highest BCUT2D eigenvalue weighted by Gasteiger charge is 2.60. The van der Waals surface area contributed by atoms with Gasteiger partial charge in [0.25, 0.3) is 0 Å². The lowest BCUT2D eigenvalue weighted by Crippen LogP contribution is -2.63. The van der Waals surface area contributed by atoms with Crippen LogP contribution in [0.1, 0.15) is 92.4 Å². The molecule has 2 aliphatic heterocycles. The average Bonchev–Trinajstić information content (AvgIpc) is 3.04. The van der Waals surface area contributed by atoms with E-state index in [1.54, 1.807) is 19.1 Å². The largest absolute Gasteiger partial charge is 0.508 e. The predicted octanol–water partition coefficient (Wildman–Crippen LogP) is 5.02. The van der Waals surface area contributed by atoms with E-state index in [9.17, 15) is 29.7 Å². The van der Waals surface area contributed by atoms with Crippen LogP contribution in [0.3, 0.4) is 0 Å². The van der Waals surface area contributed by atoms with Gasteiger partial charge in [0.2, 0.25) is 0 Å². The van der Waals surface area contributed by atoms with E-state index in [4.69, 9.17) is 9.47 Å². The maximum absolute atomic E-state index is 14.1. The van der Waals surface area contributed by atoms with E-state index in [0.717, 1.165) is 24.8 Å². The molecule has 46 heavy (non-hydrogen) atoms. The summed E-state index contributed by atoms with van der Waals surface area (Å²) in [7, 11) is 0. The normalized spacial score (nSPS) is 34.6. The number of carbonyl (C=O) groups is 3. The van der Waals surface area contributed by atoms with Crippen LogP contribution < -0.4 is 4.74 Å². The van der Waals surface area contributed by atoms with Gasteiger partial charge in [0.15, 0.2) is 0 Å². The molecule has 5 aliphatic rings. The van der Waals surface area contributed by atoms with E-state index >= 15 is 0 Å². The number of aromatic hydroxyl groups is 1. The number of benzene rings is 2. The van der Waals surface area contributed by atoms with Crippen molar-refractivity contribution in [3.63, 3.8) is 0 Å². The first-order valence-electron chi connectivity index (χ1n) is 16.5. The van der Waals surface area contributed by atoms with Crippen LogP contribution in [0.25, 0.3) is 0 Å². The fraction of sp³-hybridized carbons (Fsp3) is 0.500. The van der Waals surface area contributed by atoms with Crippen LogP contribution in [0.15, 0.2) is 48.0 Å². The van der Waals surface area contributed by atoms with Crippen LogP contribution in [0.4, 0.5) is 0 Å². The number of Topliss-reactive ketones (excluding diaryl/α,β-unsaturated/α-hetero) is 1. The number of ketones is 1. The number of esters is 2. The number of cyclic esters (lactones) is 1. The highest BCUT2D eigenvalue weighted by Crippen LogP contribution is 2.58. The maximum Gasteiger partial charge on any atom is 0.334 e. The van der Waals surface area contributed by atoms with E-state index in [0.29, 0.717) is 47.4 Å². The van der Waals surface area contributed by atoms with Crippen molar-refractivity contribution < 1.29 is 39.2 Å². The average molecular weight is 625 g/mol. The summed E-state index contributed by atoms with van der Waals surface area (Å²) < 4.78 is 11.9. The molecule has 0 aromatic heterocycles. The molecule has 240 valence electrons. The molecule has 2 aromatic carbocycles. The number of phenols is 1. The quantitative estimate of drug-likeness (QED) is 0.188. The number of ether oxygens (including phenoxy) is 2. The molecule has 7 rings (SSSR count). The Labute approximate surface area is 268 Å². The highest BCUT2D eigenvalue weighted by molar-refractivity contribution is 5.89. The van der Waals surface area contributed by atoms with Crippen molar-refractivity contribution >= 4 is 17.7 Å². The van der Waals surface area contributed by atoms with E-state index in [-0.39, 0.29) is 60.9 Å². The van der Waals surface area contributed by atoms with Crippen LogP contribution in [0.2, 0.25) is 0 Å². The first-order valence-corrected chi connectivity index (χ1v) is 16.5. The smallest absolute Gasteiger partial charge is 0.334 e. The molecule has 3 saturated carbocycles. The minimum atomic E-state index is -1.39. The predicted molar refractivity (Wildman–Crippen MR) is 168 cm³/mol. The molecule has 0 spiro atoms. The molecule has 2 aromatic rings. The zero-order valence-corrected chi connectivity index (χ0v) is 26.0. The van der Waals surface area contributed by atoms with Gasteiger partial charge >= 0.3 is 11.9 Å². The summed E-state index contributed by atoms with van der Waals surface area (Å²) in [4.78, 5) is 39.4. The number of hydrogen-bond acceptors (Lipinski definition) is 8. The van der Waals surface area contributed by atoms with Crippen molar-refractivity contribution in [3.05, 3.63) is 70.3 Å². The summed E-state index contributed by atoms with van der Waals surface area (Å²) in [6, 6.07) is 10.6. The van der Waals surface area contributed by atoms with Crippen molar-refractivity contribution in [3.8, 4) is 23.3 Å². The second-order valence-corrected chi connectivity index (χ2v) is 13.9. The van der Waals surface area contributed by atoms with Gasteiger partial charge in [-0.2, -0.15) is 0 Å². The molecule has 2 heterocycles. The third-order valence-electron chi connectivity index (χ3n) is 11.3. The van der Waals surface area contributed by atoms with Gasteiger partial charge in [-0.3, -0.25) is 9.59 Å². The number of fused-ring (bicyclic) bond motifs is 1. The van der Waals surface area contributed by atoms with E-state index in [2.05, 4.69) is 11.8 Å². The second-order valence-electron chi connectivity index (χ2n) is 13.9. The third kappa shape index (κ3) is 5.44. The van der Waals surface area contributed by atoms with Crippen molar-refractivity contribution in [2.45, 2.75) is 94.9 Å². The lowest BCUT2D eigenvalue weighted by molar-refractivity contribution is -0.212. The van der Waals surface area contributed by atoms with Crippen LogP contribution in [0, 0.1) is 35.5 Å². The van der Waals surface area contributed by atoms with Crippen molar-refractivity contribution in [1.29, 1.82) is 0 Å². The van der Waals surface area contributed by atoms with Gasteiger partial charge in [-0.15, -0.1) is 0 Å². The summed E-state index contributed by atoms with van der Waals surface area (Å²) in [6.45, 7) is 1.63. The van der Waals surface area contributed by atoms with Gasteiger partial charge in [0.05, 0.1) is 18.9 Å². The first kappa shape index (κ1) is 30.7. The standard InChI is InChI=1S/C38H40O8/c1-2-22-13-25(24-5-3-4-21(12-24)20-39)7-8-26-17-35(42)45-33-19-32(41)28(15-30(26)33)16-34(46-37(22)43)38(44)11-10-23-6-9-27-14-29(40)18-31(23)36(27)38/h2-5,12,15,19,23,25-27,31,34,36,39,41,44H,6,9-11,13-14,16-18,20H2,1H3/b22-2-/t23-,25+,26+,27-,31-,34-,36-,38-/m1/s1. The fourth-order valence-electron chi connectivity index (χ4n) is 9.07. The SMILES string of the molecule is C/C=C1/C[C@@H](c2cccc(CO)c2)C#C[C@H]2CC(=O)Oc3cc(O)c(cc32)C[C@H]([C@]2(O)CC[C@H]3CC[C@@H]4CC(=O)C[C@H]3[C@@H]42)OC1=O. The van der Waals surface area contributed by atoms with E-state index in [1.807, 2.05) is 24.3 Å². The zero-order chi connectivity index (χ0) is 32.2. The topological polar surface area (TPSA) is 130 Å². The molecule has 0 saturated heterocycles. The minimum absolute atomic E-state index is 0.0229. The third-order valence-corrected chi connectivity index (χ3v) is 11.3. The summed E-state index contributed by atoms with van der Waals surface area (Å²) in [5.74, 6) is 5.26. The Morgan fingerprint density at radius 1 is 0.957 bits per heavy atom. The molecule has 8 heteroatoms. The Morgan fingerprint density at radius 2 is 1.76 bits per heavy atom. The molecule has 3 aliphatic carbocycles. The van der Waals surface area contributed by atoms with Crippen LogP contribution >= 0.6 is 0 Å². The fourth-order valence-corrected chi connectivity index (χ4v) is 9.07. The van der Waals surface area contributed by atoms with Crippen molar-refractivity contribution in [2.75, 3.05) is 0 Å². The van der Waals surface area contributed by atoms with Gasteiger partial charge in [-0.05, 0) is 85.5 Å². The molecule has 0 radical (unpaired) electrons. The summed E-state index contributed by atoms with van der Waals surface area (Å²) >= 11 is 0. The highest BCUT2D eigenvalue weighted by atomic mass is 16.6. The number of rotatable bonds is 3. The lowest BCUT2D eigenvalue weighted by Gasteiger charge is -2.58. The molecular formula is C38H40O8. The van der Waals surface area contributed by atoms with Gasteiger partial charge in [0.1, 0.15) is 29.0 Å². The number of hydrogen-bond donors (Lipinski definition) is 3. The van der Waals surface area contributed by atoms with Crippen LogP contribution in [-0.4, -0.2) is 44.7 Å². The van der Waals surface area contributed by atoms with Crippen LogP contribution in [0.5, 0.6) is 11.5 Å². The lowest BCUT2D eigenvalue weighted by atomic mass is 9.49. The Balaban J connectivity index is 1.35. The number of carbonyl (C=O) groups excluding carboxylic acids is 3. The number of phenolic OH excluding ortho intramolecular Hbond substituents is 1. The summed E-state index contributed by atoms with van der Waals surface area (Å²) in [6.07, 6.45) is 5.02. The number of allylic oxidation sites excluding steroid dienone is 1. The van der Waals surface area contributed by atoms with Gasteiger partial charge in [0, 0.05) is 42.4 Å². The summed E-state index contributed by atoms with van der Waals surface area (Å²) in [5.41, 5.74) is 1.68. The Kier molecular flexibility index (Phi) is 8.02. The van der Waals surface area contributed by atoms with Gasteiger partial charge in [-0.1, -0.05) is 42.2 Å². The van der Waals surface area contributed by atoms with Gasteiger partial charge < -0.3 is 24.8 Å². The van der Waals surface area contributed by atoms with Crippen molar-refractivity contribution in [2.24, 2.45) is 23.7 Å². The maximum atomic E-state index is 14.1. The Morgan fingerprint density at radius 3 is 2.57 bits per heavy atom. The van der Waals surface area contributed by atoms with Crippen molar-refractivity contribution in [1.82, 2.24) is 0 Å². The number of aliphatic hydroxyl groups is 2. The summed E-state index contributed by atoms with van der Waals surface area (Å²) in [5, 5.41) is 33.7. The molecule has 8 nitrogen and oxygen atoms in total. The molecule has 3 N–H and O–H groups in total. The van der Waals surface area contributed by atoms with Gasteiger partial charge in [-0.25, -0.2) is 4.79 Å². The molecular weight excluding hydrogens is 584 g/mol. The first-order chi connectivity index (χ1) is 22.2. The second kappa shape index (κ2) is 12.0. The van der Waals surface area contributed by atoms with E-state index in [1.165, 1.54) is 6.07 Å². The van der Waals surface area contributed by atoms with Crippen LogP contribution in [-0.2, 0) is 32.1 Å². The molecule has 0 unspecified atom stereocenters. The minimum Gasteiger partial charge on any atom is -0.508 e. The monoisotopic (exact) mass is 624 g/mol. The molecule has 3 fully saturated rings. The molecule has 6 bridgehead atoms. The molecule has 8 atom stereocenters. The van der Waals surface area contributed by atoms with E-state index < -0.39 is 35.5 Å². The Bertz CT molecular complexity index is 1680.